The highest BCUT2D eigenvalue weighted by atomic mass is 16.5. The zero-order valence-electron chi connectivity index (χ0n) is 14.9. The van der Waals surface area contributed by atoms with E-state index in [-0.39, 0.29) is 17.7 Å². The molecule has 5 heteroatoms. The third-order valence-corrected chi connectivity index (χ3v) is 5.70. The first-order valence-corrected chi connectivity index (χ1v) is 9.41. The molecule has 0 bridgehead atoms. The van der Waals surface area contributed by atoms with E-state index in [0.29, 0.717) is 0 Å². The van der Waals surface area contributed by atoms with Crippen LogP contribution in [0.3, 0.4) is 0 Å². The van der Waals surface area contributed by atoms with Crippen molar-refractivity contribution in [2.75, 3.05) is 5.32 Å². The molecule has 1 saturated carbocycles. The van der Waals surface area contributed by atoms with Gasteiger partial charge in [0.2, 0.25) is 0 Å². The van der Waals surface area contributed by atoms with Gasteiger partial charge in [-0.25, -0.2) is 4.79 Å². The summed E-state index contributed by atoms with van der Waals surface area (Å²) in [4.78, 5) is 16.9. The van der Waals surface area contributed by atoms with Gasteiger partial charge in [0.15, 0.2) is 0 Å². The monoisotopic (exact) mass is 359 g/mol. The summed E-state index contributed by atoms with van der Waals surface area (Å²) >= 11 is 0. The molecule has 3 aromatic rings. The Labute approximate surface area is 157 Å². The van der Waals surface area contributed by atoms with Crippen molar-refractivity contribution in [2.45, 2.75) is 37.3 Å². The number of para-hydroxylation sites is 1. The van der Waals surface area contributed by atoms with Crippen molar-refractivity contribution in [1.82, 2.24) is 10.3 Å². The van der Waals surface area contributed by atoms with Gasteiger partial charge in [-0.05, 0) is 37.5 Å². The molecule has 1 aliphatic carbocycles. The van der Waals surface area contributed by atoms with Gasteiger partial charge >= 0.3 is 6.03 Å². The molecule has 2 amide bonds. The van der Waals surface area contributed by atoms with Gasteiger partial charge in [0.25, 0.3) is 0 Å². The number of rotatable bonds is 2. The second-order valence-corrected chi connectivity index (χ2v) is 7.43. The Hall–Kier alpha value is -3.08. The van der Waals surface area contributed by atoms with E-state index < -0.39 is 0 Å². The summed E-state index contributed by atoms with van der Waals surface area (Å²) in [6.07, 6.45) is 7.64. The van der Waals surface area contributed by atoms with Crippen LogP contribution in [0.15, 0.2) is 60.9 Å². The number of nitrogens with one attached hydrogen (secondary N) is 2. The van der Waals surface area contributed by atoms with E-state index in [1.807, 2.05) is 48.5 Å². The number of carbonyl (C=O) groups is 1. The Balaban J connectivity index is 1.39. The molecule has 1 aromatic heterocycles. The van der Waals surface area contributed by atoms with Gasteiger partial charge < -0.3 is 15.4 Å². The smallest absolute Gasteiger partial charge is 0.319 e. The molecule has 5 rings (SSSR count). The first-order valence-electron chi connectivity index (χ1n) is 9.41. The van der Waals surface area contributed by atoms with Crippen LogP contribution >= 0.6 is 0 Å². The van der Waals surface area contributed by atoms with Crippen molar-refractivity contribution in [1.29, 1.82) is 0 Å². The third kappa shape index (κ3) is 2.89. The first kappa shape index (κ1) is 16.1. The summed E-state index contributed by atoms with van der Waals surface area (Å²) in [7, 11) is 0. The van der Waals surface area contributed by atoms with E-state index in [1.165, 1.54) is 6.42 Å². The topological polar surface area (TPSA) is 63.2 Å². The quantitative estimate of drug-likeness (QED) is 0.691. The minimum atomic E-state index is -0.199. The number of fused-ring (bicyclic) bond motifs is 2. The number of aromatic nitrogens is 1. The van der Waals surface area contributed by atoms with Gasteiger partial charge in [-0.1, -0.05) is 30.3 Å². The van der Waals surface area contributed by atoms with Gasteiger partial charge in [-0.2, -0.15) is 0 Å². The molecule has 1 aliphatic heterocycles. The molecule has 1 spiro atoms. The maximum Gasteiger partial charge on any atom is 0.319 e. The van der Waals surface area contributed by atoms with E-state index in [1.54, 1.807) is 12.4 Å². The zero-order chi connectivity index (χ0) is 18.3. The number of pyridine rings is 1. The molecular formula is C22H21N3O2. The second kappa shape index (κ2) is 6.27. The molecular weight excluding hydrogens is 338 g/mol. The van der Waals surface area contributed by atoms with Crippen LogP contribution in [0.25, 0.3) is 10.8 Å². The second-order valence-electron chi connectivity index (χ2n) is 7.43. The average Bonchev–Trinajstić information content (AvgIpc) is 2.67. The summed E-state index contributed by atoms with van der Waals surface area (Å²) in [6, 6.07) is 15.5. The minimum absolute atomic E-state index is 0.0492. The SMILES string of the molecule is O=C(Nc1cccc2cnccc12)N[C@@H]1CC2(CCC2)Oc2ccccc21. The predicted molar refractivity (Wildman–Crippen MR) is 105 cm³/mol. The van der Waals surface area contributed by atoms with Gasteiger partial charge in [0.05, 0.1) is 11.7 Å². The average molecular weight is 359 g/mol. The summed E-state index contributed by atoms with van der Waals surface area (Å²) < 4.78 is 6.26. The molecule has 2 N–H and O–H groups in total. The lowest BCUT2D eigenvalue weighted by Gasteiger charge is -2.48. The highest BCUT2D eigenvalue weighted by Crippen LogP contribution is 2.48. The Morgan fingerprint density at radius 2 is 2.00 bits per heavy atom. The number of amides is 2. The fourth-order valence-electron chi connectivity index (χ4n) is 4.17. The third-order valence-electron chi connectivity index (χ3n) is 5.70. The number of hydrogen-bond donors (Lipinski definition) is 2. The summed E-state index contributed by atoms with van der Waals surface area (Å²) in [6.45, 7) is 0. The fourth-order valence-corrected chi connectivity index (χ4v) is 4.17. The van der Waals surface area contributed by atoms with Crippen LogP contribution in [-0.2, 0) is 0 Å². The fraction of sp³-hybridized carbons (Fsp3) is 0.273. The number of hydrogen-bond acceptors (Lipinski definition) is 3. The van der Waals surface area contributed by atoms with E-state index in [9.17, 15) is 4.79 Å². The molecule has 2 aliphatic rings. The molecule has 136 valence electrons. The van der Waals surface area contributed by atoms with Gasteiger partial charge in [-0.15, -0.1) is 0 Å². The maximum absolute atomic E-state index is 12.8. The Morgan fingerprint density at radius 3 is 2.85 bits per heavy atom. The summed E-state index contributed by atoms with van der Waals surface area (Å²) in [5, 5.41) is 8.15. The standard InChI is InChI=1S/C22H21N3O2/c26-21(24-18-7-3-5-15-14-23-12-9-16(15)18)25-19-13-22(10-4-11-22)27-20-8-2-1-6-17(19)20/h1-3,5-9,12,14,19H,4,10-11,13H2,(H2,24,25,26)/t19-/m1/s1. The highest BCUT2D eigenvalue weighted by Gasteiger charge is 2.45. The van der Waals surface area contributed by atoms with Crippen LogP contribution in [0.1, 0.15) is 37.3 Å². The van der Waals surface area contributed by atoms with E-state index in [4.69, 9.17) is 4.74 Å². The molecule has 1 atom stereocenters. The molecule has 1 fully saturated rings. The van der Waals surface area contributed by atoms with Crippen molar-refractivity contribution in [2.24, 2.45) is 0 Å². The van der Waals surface area contributed by atoms with Crippen molar-refractivity contribution in [3.8, 4) is 5.75 Å². The first-order chi connectivity index (χ1) is 13.2. The lowest BCUT2D eigenvalue weighted by molar-refractivity contribution is -0.0354. The van der Waals surface area contributed by atoms with Gasteiger partial charge in [-0.3, -0.25) is 4.98 Å². The van der Waals surface area contributed by atoms with Crippen LogP contribution in [0.5, 0.6) is 5.75 Å². The Kier molecular flexibility index (Phi) is 3.74. The van der Waals surface area contributed by atoms with E-state index in [2.05, 4.69) is 15.6 Å². The van der Waals surface area contributed by atoms with Crippen LogP contribution in [0.4, 0.5) is 10.5 Å². The molecule has 5 nitrogen and oxygen atoms in total. The number of ether oxygens (including phenoxy) is 1. The van der Waals surface area contributed by atoms with Crippen molar-refractivity contribution < 1.29 is 9.53 Å². The maximum atomic E-state index is 12.8. The van der Waals surface area contributed by atoms with E-state index in [0.717, 1.165) is 47.0 Å². The lowest BCUT2D eigenvalue weighted by Crippen LogP contribution is -2.50. The van der Waals surface area contributed by atoms with Crippen molar-refractivity contribution >= 4 is 22.5 Å². The molecule has 0 radical (unpaired) electrons. The van der Waals surface area contributed by atoms with Gasteiger partial charge in [0.1, 0.15) is 11.4 Å². The summed E-state index contributed by atoms with van der Waals surface area (Å²) in [5.74, 6) is 0.894. The minimum Gasteiger partial charge on any atom is -0.487 e. The Morgan fingerprint density at radius 1 is 1.11 bits per heavy atom. The molecule has 2 heterocycles. The Bertz CT molecular complexity index is 1010. The number of carbonyl (C=O) groups excluding carboxylic acids is 1. The van der Waals surface area contributed by atoms with E-state index >= 15 is 0 Å². The molecule has 27 heavy (non-hydrogen) atoms. The molecule has 0 unspecified atom stereocenters. The van der Waals surface area contributed by atoms with Gasteiger partial charge in [0, 0.05) is 35.2 Å². The number of urea groups is 1. The predicted octanol–water partition coefficient (Wildman–Crippen LogP) is 4.80. The number of nitrogens with zero attached hydrogens (tertiary/aromatic N) is 1. The largest absolute Gasteiger partial charge is 0.487 e. The summed E-state index contributed by atoms with van der Waals surface area (Å²) in [5.41, 5.74) is 1.72. The number of benzene rings is 2. The van der Waals surface area contributed by atoms with Crippen LogP contribution in [0, 0.1) is 0 Å². The lowest BCUT2D eigenvalue weighted by atomic mass is 9.73. The van der Waals surface area contributed by atoms with Crippen LogP contribution in [-0.4, -0.2) is 16.6 Å². The number of anilines is 1. The van der Waals surface area contributed by atoms with Crippen molar-refractivity contribution in [3.05, 3.63) is 66.5 Å². The molecule has 0 saturated heterocycles. The highest BCUT2D eigenvalue weighted by molar-refractivity contribution is 6.01. The zero-order valence-corrected chi connectivity index (χ0v) is 14.9. The van der Waals surface area contributed by atoms with Crippen LogP contribution < -0.4 is 15.4 Å². The molecule has 2 aromatic carbocycles. The van der Waals surface area contributed by atoms with Crippen molar-refractivity contribution in [3.63, 3.8) is 0 Å². The normalized spacial score (nSPS) is 19.6. The van der Waals surface area contributed by atoms with Crippen LogP contribution in [0.2, 0.25) is 0 Å².